The van der Waals surface area contributed by atoms with Crippen molar-refractivity contribution in [3.05, 3.63) is 53.1 Å². The zero-order chi connectivity index (χ0) is 23.4. The standard InChI is InChI=1S/C23H29ClN2O6S/c1-17(18-2-4-19(24)5-3-18)32-16-20(27)15-25-8-10-26(11-9-25)33(28,29)21-6-7-22-23(14-21)31-13-12-30-22/h2-7,14,17,20,27H,8-13,15-16H2,1H3/t17-,20+/m0/s1. The third kappa shape index (κ3) is 5.98. The normalized spacial score (nSPS) is 19.2. The summed E-state index contributed by atoms with van der Waals surface area (Å²) in [6.07, 6.45) is -0.828. The summed E-state index contributed by atoms with van der Waals surface area (Å²) in [5, 5.41) is 11.1. The molecule has 0 aliphatic carbocycles. The lowest BCUT2D eigenvalue weighted by Crippen LogP contribution is -2.50. The first-order valence-electron chi connectivity index (χ1n) is 11.0. The first-order chi connectivity index (χ1) is 15.8. The molecule has 0 aromatic heterocycles. The molecular formula is C23H29ClN2O6S. The Morgan fingerprint density at radius 3 is 2.39 bits per heavy atom. The molecule has 2 aliphatic rings. The molecular weight excluding hydrogens is 468 g/mol. The number of aliphatic hydroxyl groups is 1. The smallest absolute Gasteiger partial charge is 0.243 e. The number of fused-ring (bicyclic) bond motifs is 1. The third-order valence-corrected chi connectivity index (χ3v) is 7.98. The van der Waals surface area contributed by atoms with E-state index in [0.29, 0.717) is 62.5 Å². The van der Waals surface area contributed by atoms with Crippen molar-refractivity contribution < 1.29 is 27.7 Å². The number of halogens is 1. The fraction of sp³-hybridized carbons (Fsp3) is 0.478. The minimum absolute atomic E-state index is 0.162. The van der Waals surface area contributed by atoms with Gasteiger partial charge in [-0.25, -0.2) is 8.42 Å². The number of sulfonamides is 1. The Kier molecular flexibility index (Phi) is 7.78. The first-order valence-corrected chi connectivity index (χ1v) is 12.8. The molecule has 1 N–H and O–H groups in total. The lowest BCUT2D eigenvalue weighted by Gasteiger charge is -2.35. The molecule has 0 saturated carbocycles. The van der Waals surface area contributed by atoms with Crippen molar-refractivity contribution in [3.8, 4) is 11.5 Å². The maximum Gasteiger partial charge on any atom is 0.243 e. The number of hydrogen-bond donors (Lipinski definition) is 1. The molecule has 2 aromatic rings. The summed E-state index contributed by atoms with van der Waals surface area (Å²) in [7, 11) is -3.63. The maximum absolute atomic E-state index is 13.1. The van der Waals surface area contributed by atoms with E-state index >= 15 is 0 Å². The zero-order valence-electron chi connectivity index (χ0n) is 18.5. The highest BCUT2D eigenvalue weighted by molar-refractivity contribution is 7.89. The Morgan fingerprint density at radius 1 is 1.03 bits per heavy atom. The van der Waals surface area contributed by atoms with Crippen molar-refractivity contribution in [2.75, 3.05) is 52.5 Å². The van der Waals surface area contributed by atoms with Gasteiger partial charge in [-0.2, -0.15) is 4.31 Å². The average molecular weight is 497 g/mol. The summed E-state index contributed by atoms with van der Waals surface area (Å²) in [4.78, 5) is 2.25. The maximum atomic E-state index is 13.1. The molecule has 10 heteroatoms. The van der Waals surface area contributed by atoms with E-state index in [-0.39, 0.29) is 17.6 Å². The Morgan fingerprint density at radius 2 is 1.70 bits per heavy atom. The van der Waals surface area contributed by atoms with E-state index < -0.39 is 16.1 Å². The van der Waals surface area contributed by atoms with E-state index in [4.69, 9.17) is 25.8 Å². The van der Waals surface area contributed by atoms with Crippen LogP contribution in [0.15, 0.2) is 47.4 Å². The van der Waals surface area contributed by atoms with Crippen LogP contribution in [0.5, 0.6) is 11.5 Å². The van der Waals surface area contributed by atoms with Crippen molar-refractivity contribution in [3.63, 3.8) is 0 Å². The SMILES string of the molecule is C[C@H](OC[C@H](O)CN1CCN(S(=O)(=O)c2ccc3c(c2)OCCO3)CC1)c1ccc(Cl)cc1. The molecule has 0 spiro atoms. The Balaban J connectivity index is 1.25. The van der Waals surface area contributed by atoms with Gasteiger partial charge in [0.2, 0.25) is 10.0 Å². The third-order valence-electron chi connectivity index (χ3n) is 5.83. The van der Waals surface area contributed by atoms with E-state index in [2.05, 4.69) is 4.90 Å². The van der Waals surface area contributed by atoms with Crippen molar-refractivity contribution in [1.82, 2.24) is 9.21 Å². The molecule has 1 saturated heterocycles. The minimum atomic E-state index is -3.63. The van der Waals surface area contributed by atoms with Gasteiger partial charge in [0.15, 0.2) is 11.5 Å². The quantitative estimate of drug-likeness (QED) is 0.600. The van der Waals surface area contributed by atoms with Gasteiger partial charge in [0, 0.05) is 43.8 Å². The van der Waals surface area contributed by atoms with Gasteiger partial charge in [-0.15, -0.1) is 0 Å². The molecule has 2 aliphatic heterocycles. The number of rotatable bonds is 8. The van der Waals surface area contributed by atoms with Crippen LogP contribution < -0.4 is 9.47 Å². The number of ether oxygens (including phenoxy) is 3. The highest BCUT2D eigenvalue weighted by Crippen LogP contribution is 2.33. The van der Waals surface area contributed by atoms with E-state index in [9.17, 15) is 13.5 Å². The van der Waals surface area contributed by atoms with Gasteiger partial charge < -0.3 is 19.3 Å². The van der Waals surface area contributed by atoms with Crippen molar-refractivity contribution in [2.45, 2.75) is 24.0 Å². The average Bonchev–Trinajstić information content (AvgIpc) is 2.83. The van der Waals surface area contributed by atoms with E-state index in [0.717, 1.165) is 5.56 Å². The molecule has 2 aromatic carbocycles. The van der Waals surface area contributed by atoms with Crippen molar-refractivity contribution in [2.24, 2.45) is 0 Å². The van der Waals surface area contributed by atoms with Gasteiger partial charge in [-0.1, -0.05) is 23.7 Å². The fourth-order valence-corrected chi connectivity index (χ4v) is 5.49. The van der Waals surface area contributed by atoms with Crippen molar-refractivity contribution in [1.29, 1.82) is 0 Å². The minimum Gasteiger partial charge on any atom is -0.486 e. The molecule has 0 unspecified atom stereocenters. The summed E-state index contributed by atoms with van der Waals surface area (Å²) < 4.78 is 44.4. The summed E-state index contributed by atoms with van der Waals surface area (Å²) in [5.74, 6) is 1.02. The lowest BCUT2D eigenvalue weighted by atomic mass is 10.1. The van der Waals surface area contributed by atoms with E-state index in [1.807, 2.05) is 31.2 Å². The Labute approximate surface area is 199 Å². The topological polar surface area (TPSA) is 88.5 Å². The second-order valence-corrected chi connectivity index (χ2v) is 10.6. The van der Waals surface area contributed by atoms with Gasteiger partial charge in [-0.05, 0) is 36.8 Å². The predicted molar refractivity (Wildman–Crippen MR) is 124 cm³/mol. The van der Waals surface area contributed by atoms with E-state index in [1.54, 1.807) is 12.1 Å². The second kappa shape index (κ2) is 10.6. The van der Waals surface area contributed by atoms with Crippen LogP contribution in [0.1, 0.15) is 18.6 Å². The molecule has 2 heterocycles. The number of nitrogens with zero attached hydrogens (tertiary/aromatic N) is 2. The molecule has 0 radical (unpaired) electrons. The summed E-state index contributed by atoms with van der Waals surface area (Å²) >= 11 is 5.92. The van der Waals surface area contributed by atoms with Crippen LogP contribution in [0, 0.1) is 0 Å². The molecule has 180 valence electrons. The molecule has 8 nitrogen and oxygen atoms in total. The number of piperazine rings is 1. The van der Waals surface area contributed by atoms with E-state index in [1.165, 1.54) is 10.4 Å². The lowest BCUT2D eigenvalue weighted by molar-refractivity contribution is -0.0186. The van der Waals surface area contributed by atoms with Gasteiger partial charge in [0.25, 0.3) is 0 Å². The summed E-state index contributed by atoms with van der Waals surface area (Å²) in [5.41, 5.74) is 0.990. The number of β-amino-alcohol motifs (C(OH)–C–C–N with tert-alkyl or cyclic N) is 1. The van der Waals surface area contributed by atoms with Crippen molar-refractivity contribution >= 4 is 21.6 Å². The monoisotopic (exact) mass is 496 g/mol. The van der Waals surface area contributed by atoms with Gasteiger partial charge in [-0.3, -0.25) is 4.90 Å². The van der Waals surface area contributed by atoms with Crippen LogP contribution >= 0.6 is 11.6 Å². The van der Waals surface area contributed by atoms with Crippen LogP contribution in [0.3, 0.4) is 0 Å². The number of hydrogen-bond acceptors (Lipinski definition) is 7. The molecule has 0 amide bonds. The summed E-state index contributed by atoms with van der Waals surface area (Å²) in [6.45, 7) is 5.18. The predicted octanol–water partition coefficient (Wildman–Crippen LogP) is 2.56. The van der Waals surface area contributed by atoms with Gasteiger partial charge in [0.1, 0.15) is 13.2 Å². The summed E-state index contributed by atoms with van der Waals surface area (Å²) in [6, 6.07) is 12.1. The highest BCUT2D eigenvalue weighted by atomic mass is 35.5. The van der Waals surface area contributed by atoms with Crippen LogP contribution in [0.25, 0.3) is 0 Å². The van der Waals surface area contributed by atoms with Crippen LogP contribution in [0.4, 0.5) is 0 Å². The van der Waals surface area contributed by atoms with Crippen LogP contribution in [0.2, 0.25) is 5.02 Å². The molecule has 4 rings (SSSR count). The van der Waals surface area contributed by atoms with Gasteiger partial charge in [0.05, 0.1) is 23.7 Å². The Hall–Kier alpha value is -1.88. The first kappa shape index (κ1) is 24.3. The highest BCUT2D eigenvalue weighted by Gasteiger charge is 2.30. The molecule has 0 bridgehead atoms. The van der Waals surface area contributed by atoms with Crippen LogP contribution in [-0.4, -0.2) is 81.4 Å². The molecule has 1 fully saturated rings. The zero-order valence-corrected chi connectivity index (χ0v) is 20.1. The fourth-order valence-electron chi connectivity index (χ4n) is 3.92. The second-order valence-electron chi connectivity index (χ2n) is 8.19. The van der Waals surface area contributed by atoms with Gasteiger partial charge >= 0.3 is 0 Å². The Bertz CT molecular complexity index is 1040. The number of aliphatic hydroxyl groups excluding tert-OH is 1. The largest absolute Gasteiger partial charge is 0.486 e. The van der Waals surface area contributed by atoms with Crippen LogP contribution in [-0.2, 0) is 14.8 Å². The molecule has 2 atom stereocenters. The number of benzene rings is 2. The molecule has 33 heavy (non-hydrogen) atoms.